The van der Waals surface area contributed by atoms with Crippen molar-refractivity contribution in [3.8, 4) is 5.69 Å². The molecule has 6 nitrogen and oxygen atoms in total. The first kappa shape index (κ1) is 20.8. The normalized spacial score (nSPS) is 10.6. The lowest BCUT2D eigenvalue weighted by Gasteiger charge is -2.13. The molecule has 0 unspecified atom stereocenters. The SMILES string of the molecule is O=C(NNc1ccccc1)c1cn(Cc2ccccc2)n(-c2ccc(Cl)cc2Cl)c1=O. The van der Waals surface area contributed by atoms with Crippen LogP contribution in [0, 0.1) is 0 Å². The predicted octanol–water partition coefficient (Wildman–Crippen LogP) is 4.75. The maximum Gasteiger partial charge on any atom is 0.284 e. The minimum absolute atomic E-state index is 0.0228. The molecule has 0 aliphatic carbocycles. The molecule has 31 heavy (non-hydrogen) atoms. The molecule has 1 aromatic heterocycles. The Morgan fingerprint density at radius 2 is 1.58 bits per heavy atom. The maximum absolute atomic E-state index is 13.2. The van der Waals surface area contributed by atoms with Crippen molar-refractivity contribution in [1.82, 2.24) is 14.8 Å². The number of benzene rings is 3. The Labute approximate surface area is 188 Å². The monoisotopic (exact) mass is 452 g/mol. The van der Waals surface area contributed by atoms with E-state index in [0.29, 0.717) is 28.0 Å². The summed E-state index contributed by atoms with van der Waals surface area (Å²) in [6, 6.07) is 23.6. The lowest BCUT2D eigenvalue weighted by Crippen LogP contribution is -2.33. The number of amides is 1. The molecular weight excluding hydrogens is 435 g/mol. The number of halogens is 2. The summed E-state index contributed by atoms with van der Waals surface area (Å²) in [5.74, 6) is -0.556. The Morgan fingerprint density at radius 3 is 2.26 bits per heavy atom. The second-order valence-corrected chi connectivity index (χ2v) is 7.63. The Kier molecular flexibility index (Phi) is 6.11. The average molecular weight is 453 g/mol. The molecule has 1 heterocycles. The zero-order valence-electron chi connectivity index (χ0n) is 16.3. The van der Waals surface area contributed by atoms with Crippen molar-refractivity contribution >= 4 is 34.8 Å². The molecule has 2 N–H and O–H groups in total. The molecule has 0 fully saturated rings. The van der Waals surface area contributed by atoms with Crippen LogP contribution in [0.15, 0.2) is 89.9 Å². The van der Waals surface area contributed by atoms with Gasteiger partial charge in [-0.05, 0) is 35.9 Å². The Bertz CT molecular complexity index is 1270. The van der Waals surface area contributed by atoms with Gasteiger partial charge in [-0.25, -0.2) is 4.68 Å². The number of hydrogen-bond donors (Lipinski definition) is 2. The fourth-order valence-electron chi connectivity index (χ4n) is 3.15. The molecule has 0 saturated heterocycles. The number of nitrogens with zero attached hydrogens (tertiary/aromatic N) is 2. The standard InChI is InChI=1S/C23H18Cl2N4O2/c24-17-11-12-21(20(25)13-17)29-23(31)19(15-28(29)14-16-7-3-1-4-8-16)22(30)27-26-18-9-5-2-6-10-18/h1-13,15,26H,14H2,(H,27,30). The minimum atomic E-state index is -0.556. The second kappa shape index (κ2) is 9.12. The van der Waals surface area contributed by atoms with E-state index >= 15 is 0 Å². The van der Waals surface area contributed by atoms with E-state index in [1.165, 1.54) is 10.9 Å². The molecule has 0 atom stereocenters. The van der Waals surface area contributed by atoms with Gasteiger partial charge in [-0.2, -0.15) is 0 Å². The predicted molar refractivity (Wildman–Crippen MR) is 123 cm³/mol. The van der Waals surface area contributed by atoms with Gasteiger partial charge in [0.15, 0.2) is 0 Å². The van der Waals surface area contributed by atoms with Crippen molar-refractivity contribution in [3.05, 3.63) is 117 Å². The maximum atomic E-state index is 13.2. The van der Waals surface area contributed by atoms with Crippen molar-refractivity contribution in [1.29, 1.82) is 0 Å². The van der Waals surface area contributed by atoms with Crippen molar-refractivity contribution in [2.45, 2.75) is 6.54 Å². The number of para-hydroxylation sites is 1. The first-order valence-corrected chi connectivity index (χ1v) is 10.2. The molecule has 0 aliphatic rings. The van der Waals surface area contributed by atoms with Gasteiger partial charge in [0.05, 0.1) is 22.9 Å². The van der Waals surface area contributed by atoms with E-state index in [-0.39, 0.29) is 5.56 Å². The fourth-order valence-corrected chi connectivity index (χ4v) is 3.64. The number of carbonyl (C=O) groups is 1. The largest absolute Gasteiger partial charge is 0.298 e. The summed E-state index contributed by atoms with van der Waals surface area (Å²) in [7, 11) is 0. The quantitative estimate of drug-likeness (QED) is 0.414. The Morgan fingerprint density at radius 1 is 0.903 bits per heavy atom. The van der Waals surface area contributed by atoms with Gasteiger partial charge in [-0.1, -0.05) is 71.7 Å². The number of rotatable bonds is 6. The molecule has 3 aromatic carbocycles. The topological polar surface area (TPSA) is 68.1 Å². The molecular formula is C23H18Cl2N4O2. The van der Waals surface area contributed by atoms with Crippen LogP contribution >= 0.6 is 23.2 Å². The third-order valence-electron chi connectivity index (χ3n) is 4.62. The van der Waals surface area contributed by atoms with Gasteiger partial charge in [-0.3, -0.25) is 25.1 Å². The number of hydrazine groups is 1. The highest BCUT2D eigenvalue weighted by Gasteiger charge is 2.20. The Hall–Kier alpha value is -3.48. The van der Waals surface area contributed by atoms with Crippen molar-refractivity contribution < 1.29 is 4.79 Å². The summed E-state index contributed by atoms with van der Waals surface area (Å²) in [6.07, 6.45) is 1.52. The van der Waals surface area contributed by atoms with Gasteiger partial charge in [-0.15, -0.1) is 0 Å². The molecule has 0 spiro atoms. The van der Waals surface area contributed by atoms with E-state index < -0.39 is 11.5 Å². The van der Waals surface area contributed by atoms with Crippen molar-refractivity contribution in [2.75, 3.05) is 5.43 Å². The summed E-state index contributed by atoms with van der Waals surface area (Å²) in [4.78, 5) is 26.0. The summed E-state index contributed by atoms with van der Waals surface area (Å²) in [5, 5.41) is 0.754. The van der Waals surface area contributed by atoms with Gasteiger partial charge in [0.1, 0.15) is 5.56 Å². The lowest BCUT2D eigenvalue weighted by molar-refractivity contribution is 0.0961. The number of anilines is 1. The van der Waals surface area contributed by atoms with Crippen LogP contribution in [-0.4, -0.2) is 15.3 Å². The number of hydrogen-bond acceptors (Lipinski definition) is 3. The van der Waals surface area contributed by atoms with Crippen LogP contribution in [-0.2, 0) is 6.54 Å². The smallest absolute Gasteiger partial charge is 0.284 e. The van der Waals surface area contributed by atoms with Crippen LogP contribution in [0.4, 0.5) is 5.69 Å². The van der Waals surface area contributed by atoms with Crippen LogP contribution in [0.5, 0.6) is 0 Å². The van der Waals surface area contributed by atoms with Gasteiger partial charge in [0, 0.05) is 11.2 Å². The molecule has 4 rings (SSSR count). The van der Waals surface area contributed by atoms with E-state index in [1.807, 2.05) is 48.5 Å². The minimum Gasteiger partial charge on any atom is -0.298 e. The first-order valence-electron chi connectivity index (χ1n) is 9.46. The third-order valence-corrected chi connectivity index (χ3v) is 5.16. The summed E-state index contributed by atoms with van der Waals surface area (Å²) in [6.45, 7) is 0.369. The van der Waals surface area contributed by atoms with Gasteiger partial charge in [0.2, 0.25) is 0 Å². The Balaban J connectivity index is 1.72. The van der Waals surface area contributed by atoms with Crippen LogP contribution in [0.2, 0.25) is 10.0 Å². The summed E-state index contributed by atoms with van der Waals surface area (Å²) < 4.78 is 3.04. The number of nitrogens with one attached hydrogen (secondary N) is 2. The van der Waals surface area contributed by atoms with E-state index in [2.05, 4.69) is 10.9 Å². The molecule has 0 radical (unpaired) electrons. The van der Waals surface area contributed by atoms with E-state index in [4.69, 9.17) is 23.2 Å². The number of carbonyl (C=O) groups excluding carboxylic acids is 1. The highest BCUT2D eigenvalue weighted by Crippen LogP contribution is 2.24. The highest BCUT2D eigenvalue weighted by molar-refractivity contribution is 6.35. The molecule has 156 valence electrons. The zero-order valence-corrected chi connectivity index (χ0v) is 17.8. The van der Waals surface area contributed by atoms with E-state index in [9.17, 15) is 9.59 Å². The third kappa shape index (κ3) is 4.66. The summed E-state index contributed by atoms with van der Waals surface area (Å²) >= 11 is 12.4. The molecule has 8 heteroatoms. The van der Waals surface area contributed by atoms with Gasteiger partial charge >= 0.3 is 0 Å². The van der Waals surface area contributed by atoms with Crippen LogP contribution in [0.1, 0.15) is 15.9 Å². The molecule has 0 saturated carbocycles. The van der Waals surface area contributed by atoms with Gasteiger partial charge < -0.3 is 0 Å². The lowest BCUT2D eigenvalue weighted by atomic mass is 10.2. The van der Waals surface area contributed by atoms with Crippen molar-refractivity contribution in [3.63, 3.8) is 0 Å². The molecule has 4 aromatic rings. The zero-order chi connectivity index (χ0) is 21.8. The van der Waals surface area contributed by atoms with Crippen molar-refractivity contribution in [2.24, 2.45) is 0 Å². The van der Waals surface area contributed by atoms with E-state index in [0.717, 1.165) is 5.56 Å². The fraction of sp³-hybridized carbons (Fsp3) is 0.0435. The van der Waals surface area contributed by atoms with E-state index in [1.54, 1.807) is 35.0 Å². The first-order chi connectivity index (χ1) is 15.0. The average Bonchev–Trinajstić information content (AvgIpc) is 3.09. The van der Waals surface area contributed by atoms with Crippen LogP contribution in [0.3, 0.4) is 0 Å². The van der Waals surface area contributed by atoms with Crippen LogP contribution in [0.25, 0.3) is 5.69 Å². The highest BCUT2D eigenvalue weighted by atomic mass is 35.5. The summed E-state index contributed by atoms with van der Waals surface area (Å²) in [5.41, 5.74) is 6.95. The van der Waals surface area contributed by atoms with Gasteiger partial charge in [0.25, 0.3) is 11.5 Å². The molecule has 1 amide bonds. The molecule has 0 aliphatic heterocycles. The molecule has 0 bridgehead atoms. The second-order valence-electron chi connectivity index (χ2n) is 6.78. The van der Waals surface area contributed by atoms with Crippen LogP contribution < -0.4 is 16.4 Å². The number of aromatic nitrogens is 2.